The maximum atomic E-state index is 10.4. The second-order valence-electron chi connectivity index (χ2n) is 2.64. The first-order valence-electron chi connectivity index (χ1n) is 3.56. The Kier molecular flexibility index (Phi) is 4.66. The van der Waals surface area contributed by atoms with E-state index in [1.54, 1.807) is 0 Å². The summed E-state index contributed by atoms with van der Waals surface area (Å²) in [6.07, 6.45) is 0. The van der Waals surface area contributed by atoms with Crippen molar-refractivity contribution >= 4 is 11.4 Å². The van der Waals surface area contributed by atoms with Crippen LogP contribution in [0.4, 0.5) is 11.4 Å². The van der Waals surface area contributed by atoms with Gasteiger partial charge in [0, 0.05) is 11.6 Å². The van der Waals surface area contributed by atoms with Crippen molar-refractivity contribution in [1.29, 1.82) is 0 Å². The third-order valence-corrected chi connectivity index (χ3v) is 1.67. The zero-order chi connectivity index (χ0) is 10.9. The molecule has 0 spiro atoms. The number of nitro groups is 2. The molecule has 0 aliphatic carbocycles. The molecular formula is C7H6N2NaO5+. The Hall–Kier alpha value is -1.18. The van der Waals surface area contributed by atoms with E-state index in [0.717, 1.165) is 12.1 Å². The second-order valence-corrected chi connectivity index (χ2v) is 2.64. The van der Waals surface area contributed by atoms with Crippen molar-refractivity contribution in [3.8, 4) is 5.75 Å². The summed E-state index contributed by atoms with van der Waals surface area (Å²) in [5.74, 6) is -0.541. The average Bonchev–Trinajstić information content (AvgIpc) is 2.08. The third kappa shape index (κ3) is 2.88. The zero-order valence-electron chi connectivity index (χ0n) is 8.13. The van der Waals surface area contributed by atoms with E-state index in [2.05, 4.69) is 0 Å². The van der Waals surface area contributed by atoms with Crippen LogP contribution in [-0.4, -0.2) is 15.0 Å². The van der Waals surface area contributed by atoms with Gasteiger partial charge < -0.3 is 5.11 Å². The summed E-state index contributed by atoms with van der Waals surface area (Å²) < 4.78 is 0. The summed E-state index contributed by atoms with van der Waals surface area (Å²) in [6.45, 7) is 1.36. The van der Waals surface area contributed by atoms with Gasteiger partial charge in [-0.3, -0.25) is 20.2 Å². The van der Waals surface area contributed by atoms with Crippen LogP contribution in [0.1, 0.15) is 5.56 Å². The van der Waals surface area contributed by atoms with Crippen LogP contribution in [0, 0.1) is 27.2 Å². The van der Waals surface area contributed by atoms with Crippen LogP contribution >= 0.6 is 0 Å². The van der Waals surface area contributed by atoms with Crippen molar-refractivity contribution in [2.45, 2.75) is 6.92 Å². The van der Waals surface area contributed by atoms with Crippen LogP contribution in [0.2, 0.25) is 0 Å². The van der Waals surface area contributed by atoms with E-state index >= 15 is 0 Å². The van der Waals surface area contributed by atoms with E-state index in [0.29, 0.717) is 0 Å². The molecular weight excluding hydrogens is 215 g/mol. The molecule has 0 heterocycles. The van der Waals surface area contributed by atoms with E-state index in [1.807, 2.05) is 0 Å². The SMILES string of the molecule is Cc1cc([N+](=O)[O-])cc([N+](=O)[O-])c1O.[Na+]. The number of nitrogens with zero attached hydrogens (tertiary/aromatic N) is 2. The number of phenols is 1. The molecule has 0 bridgehead atoms. The molecule has 0 unspecified atom stereocenters. The van der Waals surface area contributed by atoms with Gasteiger partial charge in [0.15, 0.2) is 5.75 Å². The third-order valence-electron chi connectivity index (χ3n) is 1.67. The van der Waals surface area contributed by atoms with Crippen molar-refractivity contribution in [1.82, 2.24) is 0 Å². The fourth-order valence-electron chi connectivity index (χ4n) is 0.987. The minimum absolute atomic E-state index is 0. The Labute approximate surface area is 106 Å². The van der Waals surface area contributed by atoms with Gasteiger partial charge in [0.25, 0.3) is 5.69 Å². The molecule has 8 heteroatoms. The molecule has 1 rings (SSSR count). The fraction of sp³-hybridized carbons (Fsp3) is 0.143. The first-order chi connectivity index (χ1) is 6.43. The fourth-order valence-corrected chi connectivity index (χ4v) is 0.987. The number of rotatable bonds is 2. The first kappa shape index (κ1) is 13.8. The largest absolute Gasteiger partial charge is 1.00 e. The van der Waals surface area contributed by atoms with Gasteiger partial charge in [-0.1, -0.05) is 0 Å². The van der Waals surface area contributed by atoms with Gasteiger partial charge in [0.05, 0.1) is 15.9 Å². The molecule has 7 nitrogen and oxygen atoms in total. The van der Waals surface area contributed by atoms with Crippen molar-refractivity contribution in [2.24, 2.45) is 0 Å². The molecule has 15 heavy (non-hydrogen) atoms. The van der Waals surface area contributed by atoms with E-state index in [4.69, 9.17) is 0 Å². The standard InChI is InChI=1S/C7H6N2O5.Na/c1-4-2-5(8(11)12)3-6(7(4)10)9(13)14;/h2-3,10H,1H3;/q;+1. The molecule has 0 saturated heterocycles. The Balaban J connectivity index is 0.00000196. The maximum Gasteiger partial charge on any atom is 1.00 e. The summed E-state index contributed by atoms with van der Waals surface area (Å²) in [5.41, 5.74) is -0.963. The van der Waals surface area contributed by atoms with Gasteiger partial charge >= 0.3 is 35.2 Å². The molecule has 0 fully saturated rings. The summed E-state index contributed by atoms with van der Waals surface area (Å²) in [5, 5.41) is 29.9. The van der Waals surface area contributed by atoms with E-state index in [9.17, 15) is 25.3 Å². The molecule has 1 aromatic carbocycles. The van der Waals surface area contributed by atoms with Crippen molar-refractivity contribution in [3.05, 3.63) is 37.9 Å². The molecule has 0 radical (unpaired) electrons. The molecule has 0 aliphatic rings. The number of hydrogen-bond donors (Lipinski definition) is 1. The number of hydrogen-bond acceptors (Lipinski definition) is 5. The van der Waals surface area contributed by atoms with Gasteiger partial charge in [0.2, 0.25) is 0 Å². The minimum atomic E-state index is -0.866. The topological polar surface area (TPSA) is 107 Å². The predicted octanol–water partition coefficient (Wildman–Crippen LogP) is -1.48. The average molecular weight is 221 g/mol. The van der Waals surface area contributed by atoms with Crippen molar-refractivity contribution < 1.29 is 44.5 Å². The van der Waals surface area contributed by atoms with Crippen LogP contribution in [0.3, 0.4) is 0 Å². The van der Waals surface area contributed by atoms with E-state index < -0.39 is 27.0 Å². The predicted molar refractivity (Wildman–Crippen MR) is 46.2 cm³/mol. The summed E-state index contributed by atoms with van der Waals surface area (Å²) in [4.78, 5) is 19.1. The molecule has 74 valence electrons. The molecule has 0 aliphatic heterocycles. The van der Waals surface area contributed by atoms with Crippen molar-refractivity contribution in [2.75, 3.05) is 0 Å². The quantitative estimate of drug-likeness (QED) is 0.372. The van der Waals surface area contributed by atoms with Gasteiger partial charge in [0.1, 0.15) is 0 Å². The number of aromatic hydroxyl groups is 1. The Morgan fingerprint density at radius 1 is 1.20 bits per heavy atom. The Bertz CT molecular complexity index is 420. The number of non-ortho nitro benzene ring substituents is 1. The second kappa shape index (κ2) is 5.06. The summed E-state index contributed by atoms with van der Waals surface area (Å²) in [7, 11) is 0. The number of benzene rings is 1. The molecule has 0 amide bonds. The summed E-state index contributed by atoms with van der Waals surface area (Å²) >= 11 is 0. The minimum Gasteiger partial charge on any atom is -0.502 e. The summed E-state index contributed by atoms with van der Waals surface area (Å²) in [6, 6.07) is 1.80. The number of phenolic OH excluding ortho intramolecular Hbond substituents is 1. The number of aryl methyl sites for hydroxylation is 1. The first-order valence-corrected chi connectivity index (χ1v) is 3.56. The van der Waals surface area contributed by atoms with Gasteiger partial charge in [-0.25, -0.2) is 0 Å². The van der Waals surface area contributed by atoms with E-state index in [-0.39, 0.29) is 35.1 Å². The van der Waals surface area contributed by atoms with Crippen LogP contribution in [0.15, 0.2) is 12.1 Å². The molecule has 0 atom stereocenters. The number of nitro benzene ring substituents is 2. The molecule has 0 saturated carbocycles. The van der Waals surface area contributed by atoms with Crippen molar-refractivity contribution in [3.63, 3.8) is 0 Å². The van der Waals surface area contributed by atoms with Crippen LogP contribution < -0.4 is 29.6 Å². The van der Waals surface area contributed by atoms with Crippen LogP contribution in [0.5, 0.6) is 5.75 Å². The normalized spacial score (nSPS) is 9.13. The molecule has 1 N–H and O–H groups in total. The Morgan fingerprint density at radius 3 is 2.13 bits per heavy atom. The van der Waals surface area contributed by atoms with Gasteiger partial charge in [-0.2, -0.15) is 0 Å². The van der Waals surface area contributed by atoms with Gasteiger partial charge in [-0.05, 0) is 6.92 Å². The van der Waals surface area contributed by atoms with Gasteiger partial charge in [-0.15, -0.1) is 0 Å². The van der Waals surface area contributed by atoms with Crippen LogP contribution in [0.25, 0.3) is 0 Å². The molecule has 1 aromatic rings. The zero-order valence-corrected chi connectivity index (χ0v) is 10.1. The smallest absolute Gasteiger partial charge is 0.502 e. The van der Waals surface area contributed by atoms with Crippen LogP contribution in [-0.2, 0) is 0 Å². The monoisotopic (exact) mass is 221 g/mol. The molecule has 0 aromatic heterocycles. The Morgan fingerprint density at radius 2 is 1.73 bits per heavy atom. The maximum absolute atomic E-state index is 10.4. The van der Waals surface area contributed by atoms with E-state index in [1.165, 1.54) is 6.92 Å².